The van der Waals surface area contributed by atoms with Crippen LogP contribution in [0, 0.1) is 17.8 Å². The van der Waals surface area contributed by atoms with Gasteiger partial charge in [0, 0.05) is 11.8 Å². The molecule has 92 valence electrons. The average Bonchev–Trinajstić information content (AvgIpc) is 2.32. The van der Waals surface area contributed by atoms with Crippen LogP contribution in [0.2, 0.25) is 0 Å². The van der Waals surface area contributed by atoms with Crippen LogP contribution in [0.5, 0.6) is 5.75 Å². The van der Waals surface area contributed by atoms with Crippen molar-refractivity contribution in [3.63, 3.8) is 0 Å². The lowest BCUT2D eigenvalue weighted by Crippen LogP contribution is -2.00. The van der Waals surface area contributed by atoms with Crippen LogP contribution >= 0.6 is 11.6 Å². The lowest BCUT2D eigenvalue weighted by atomic mass is 10.1. The quantitative estimate of drug-likeness (QED) is 0.454. The van der Waals surface area contributed by atoms with E-state index in [1.807, 2.05) is 6.07 Å². The van der Waals surface area contributed by atoms with Gasteiger partial charge in [0.05, 0.1) is 18.7 Å². The zero-order chi connectivity index (χ0) is 12.5. The number of nitrogens with zero attached hydrogens (tertiary/aromatic N) is 1. The second kappa shape index (κ2) is 7.97. The van der Waals surface area contributed by atoms with E-state index < -0.39 is 0 Å². The number of pyridine rings is 1. The molecule has 0 saturated heterocycles. The molecule has 1 aromatic rings. The molecule has 0 saturated carbocycles. The lowest BCUT2D eigenvalue weighted by molar-refractivity contribution is 0.296. The fourth-order valence-corrected chi connectivity index (χ4v) is 1.45. The first-order valence-corrected chi connectivity index (χ1v) is 6.38. The van der Waals surface area contributed by atoms with Crippen molar-refractivity contribution in [1.29, 1.82) is 0 Å². The van der Waals surface area contributed by atoms with E-state index in [4.69, 9.17) is 16.3 Å². The monoisotopic (exact) mass is 251 g/mol. The van der Waals surface area contributed by atoms with E-state index in [2.05, 4.69) is 30.7 Å². The number of hydrogen-bond acceptors (Lipinski definition) is 2. The Morgan fingerprint density at radius 2 is 2.24 bits per heavy atom. The normalized spacial score (nSPS) is 9.88. The number of hydrogen-bond donors (Lipinski definition) is 0. The standard InChI is InChI=1S/C14H18ClNO/c1-12(2)5-4-8-17-14-9-13(6-3-7-15)10-16-11-14/h9-12H,4-5,7-8H2,1-2H3. The Morgan fingerprint density at radius 3 is 2.94 bits per heavy atom. The fourth-order valence-electron chi connectivity index (χ4n) is 1.38. The summed E-state index contributed by atoms with van der Waals surface area (Å²) in [5.74, 6) is 7.54. The zero-order valence-corrected chi connectivity index (χ0v) is 11.1. The van der Waals surface area contributed by atoms with Gasteiger partial charge in [-0.1, -0.05) is 25.7 Å². The molecule has 3 heteroatoms. The summed E-state index contributed by atoms with van der Waals surface area (Å²) < 4.78 is 5.61. The number of alkyl halides is 1. The van der Waals surface area contributed by atoms with E-state index >= 15 is 0 Å². The van der Waals surface area contributed by atoms with Gasteiger partial charge < -0.3 is 4.74 Å². The van der Waals surface area contributed by atoms with Crippen LogP contribution in [0.1, 0.15) is 32.3 Å². The predicted molar refractivity (Wildman–Crippen MR) is 71.4 cm³/mol. The first-order chi connectivity index (χ1) is 8.22. The Labute approximate surface area is 108 Å². The van der Waals surface area contributed by atoms with Gasteiger partial charge in [-0.25, -0.2) is 0 Å². The highest BCUT2D eigenvalue weighted by molar-refractivity contribution is 6.19. The smallest absolute Gasteiger partial charge is 0.138 e. The molecular formula is C14H18ClNO. The van der Waals surface area contributed by atoms with E-state index in [9.17, 15) is 0 Å². The third kappa shape index (κ3) is 6.19. The molecule has 0 aliphatic rings. The summed E-state index contributed by atoms with van der Waals surface area (Å²) in [4.78, 5) is 4.08. The van der Waals surface area contributed by atoms with Gasteiger partial charge in [0.1, 0.15) is 5.75 Å². The summed E-state index contributed by atoms with van der Waals surface area (Å²) in [5.41, 5.74) is 0.840. The summed E-state index contributed by atoms with van der Waals surface area (Å²) in [5, 5.41) is 0. The SMILES string of the molecule is CC(C)CCCOc1cncc(C#CCCl)c1. The lowest BCUT2D eigenvalue weighted by Gasteiger charge is -2.07. The predicted octanol–water partition coefficient (Wildman–Crippen LogP) is 3.49. The zero-order valence-electron chi connectivity index (χ0n) is 10.4. The molecular weight excluding hydrogens is 234 g/mol. The van der Waals surface area contributed by atoms with Gasteiger partial charge in [0.15, 0.2) is 0 Å². The minimum absolute atomic E-state index is 0.333. The van der Waals surface area contributed by atoms with Crippen molar-refractivity contribution >= 4 is 11.6 Å². The number of halogens is 1. The molecule has 0 amide bonds. The van der Waals surface area contributed by atoms with Crippen molar-refractivity contribution in [3.8, 4) is 17.6 Å². The minimum atomic E-state index is 0.333. The van der Waals surface area contributed by atoms with Crippen molar-refractivity contribution in [2.75, 3.05) is 12.5 Å². The molecule has 0 aliphatic heterocycles. The molecule has 1 heterocycles. The van der Waals surface area contributed by atoms with Gasteiger partial charge in [0.25, 0.3) is 0 Å². The van der Waals surface area contributed by atoms with Crippen LogP contribution < -0.4 is 4.74 Å². The number of aromatic nitrogens is 1. The van der Waals surface area contributed by atoms with Crippen LogP contribution in [0.15, 0.2) is 18.5 Å². The highest BCUT2D eigenvalue weighted by Crippen LogP contribution is 2.12. The highest BCUT2D eigenvalue weighted by Gasteiger charge is 1.97. The van der Waals surface area contributed by atoms with Crippen LogP contribution in [-0.2, 0) is 0 Å². The third-order valence-corrected chi connectivity index (χ3v) is 2.34. The molecule has 0 bridgehead atoms. The molecule has 0 aliphatic carbocycles. The van der Waals surface area contributed by atoms with Crippen molar-refractivity contribution in [3.05, 3.63) is 24.0 Å². The average molecular weight is 252 g/mol. The second-order valence-corrected chi connectivity index (χ2v) is 4.50. The molecule has 0 N–H and O–H groups in total. The first kappa shape index (κ1) is 13.9. The van der Waals surface area contributed by atoms with Gasteiger partial charge in [-0.3, -0.25) is 4.98 Å². The number of ether oxygens (including phenoxy) is 1. The summed E-state index contributed by atoms with van der Waals surface area (Å²) >= 11 is 5.50. The fraction of sp³-hybridized carbons (Fsp3) is 0.500. The molecule has 0 spiro atoms. The molecule has 0 radical (unpaired) electrons. The summed E-state index contributed by atoms with van der Waals surface area (Å²) in [6.45, 7) is 5.15. The van der Waals surface area contributed by atoms with Crippen molar-refractivity contribution < 1.29 is 4.74 Å². The van der Waals surface area contributed by atoms with Crippen LogP contribution in [0.4, 0.5) is 0 Å². The Morgan fingerprint density at radius 1 is 1.41 bits per heavy atom. The third-order valence-electron chi connectivity index (χ3n) is 2.21. The van der Waals surface area contributed by atoms with Crippen LogP contribution in [0.25, 0.3) is 0 Å². The summed E-state index contributed by atoms with van der Waals surface area (Å²) in [6.07, 6.45) is 5.66. The van der Waals surface area contributed by atoms with Crippen molar-refractivity contribution in [2.45, 2.75) is 26.7 Å². The van der Waals surface area contributed by atoms with Gasteiger partial charge in [-0.05, 0) is 24.8 Å². The maximum Gasteiger partial charge on any atom is 0.138 e. The highest BCUT2D eigenvalue weighted by atomic mass is 35.5. The Bertz CT molecular complexity index is 393. The Hall–Kier alpha value is -1.20. The van der Waals surface area contributed by atoms with Gasteiger partial charge >= 0.3 is 0 Å². The topological polar surface area (TPSA) is 22.1 Å². The number of rotatable bonds is 5. The molecule has 0 unspecified atom stereocenters. The van der Waals surface area contributed by atoms with E-state index in [1.54, 1.807) is 12.4 Å². The van der Waals surface area contributed by atoms with Gasteiger partial charge in [-0.2, -0.15) is 0 Å². The van der Waals surface area contributed by atoms with Gasteiger partial charge in [-0.15, -0.1) is 11.6 Å². The Kier molecular flexibility index (Phi) is 6.50. The summed E-state index contributed by atoms with van der Waals surface area (Å²) in [6, 6.07) is 1.89. The maximum absolute atomic E-state index is 5.61. The second-order valence-electron chi connectivity index (χ2n) is 4.23. The van der Waals surface area contributed by atoms with Crippen LogP contribution in [-0.4, -0.2) is 17.5 Å². The molecule has 17 heavy (non-hydrogen) atoms. The van der Waals surface area contributed by atoms with E-state index in [0.717, 1.165) is 30.3 Å². The van der Waals surface area contributed by atoms with Crippen molar-refractivity contribution in [1.82, 2.24) is 4.98 Å². The van der Waals surface area contributed by atoms with Crippen LogP contribution in [0.3, 0.4) is 0 Å². The molecule has 1 rings (SSSR count). The van der Waals surface area contributed by atoms with E-state index in [0.29, 0.717) is 5.88 Å². The molecule has 0 atom stereocenters. The van der Waals surface area contributed by atoms with Crippen molar-refractivity contribution in [2.24, 2.45) is 5.92 Å². The largest absolute Gasteiger partial charge is 0.492 e. The minimum Gasteiger partial charge on any atom is -0.492 e. The summed E-state index contributed by atoms with van der Waals surface area (Å²) in [7, 11) is 0. The molecule has 2 nitrogen and oxygen atoms in total. The maximum atomic E-state index is 5.61. The molecule has 0 aromatic carbocycles. The molecule has 0 fully saturated rings. The van der Waals surface area contributed by atoms with E-state index in [-0.39, 0.29) is 0 Å². The van der Waals surface area contributed by atoms with Gasteiger partial charge in [0.2, 0.25) is 0 Å². The molecule has 1 aromatic heterocycles. The van der Waals surface area contributed by atoms with E-state index in [1.165, 1.54) is 6.42 Å². The Balaban J connectivity index is 2.43. The first-order valence-electron chi connectivity index (χ1n) is 5.85.